The van der Waals surface area contributed by atoms with E-state index in [0.717, 1.165) is 0 Å². The molecule has 1 rings (SSSR count). The minimum atomic E-state index is -1.13. The molecule has 5 unspecified atom stereocenters. The lowest BCUT2D eigenvalue weighted by molar-refractivity contribution is -0.298. The number of rotatable bonds is 5. The second-order valence-electron chi connectivity index (χ2n) is 10.8. The number of carbonyl (C=O) groups is 3. The van der Waals surface area contributed by atoms with Crippen molar-refractivity contribution in [3.05, 3.63) is 0 Å². The Morgan fingerprint density at radius 3 is 1.39 bits per heavy atom. The third kappa shape index (κ3) is 7.43. The van der Waals surface area contributed by atoms with Crippen molar-refractivity contribution in [3.63, 3.8) is 0 Å². The maximum absolute atomic E-state index is 12.8. The summed E-state index contributed by atoms with van der Waals surface area (Å²) in [5.41, 5.74) is -2.45. The zero-order valence-corrected chi connectivity index (χ0v) is 21.8. The highest BCUT2D eigenvalue weighted by atomic mass is 79.9. The van der Waals surface area contributed by atoms with E-state index in [2.05, 4.69) is 15.9 Å². The highest BCUT2D eigenvalue weighted by Gasteiger charge is 2.54. The maximum atomic E-state index is 12.8. The second kappa shape index (κ2) is 10.2. The minimum absolute atomic E-state index is 0.276. The van der Waals surface area contributed by atoms with Crippen LogP contribution in [0.2, 0.25) is 0 Å². The molecular formula is C22H37BrO8. The van der Waals surface area contributed by atoms with Crippen molar-refractivity contribution in [1.29, 1.82) is 0 Å². The average Bonchev–Trinajstić information content (AvgIpc) is 2.61. The molecule has 1 heterocycles. The molecule has 1 fully saturated rings. The first-order valence-electron chi connectivity index (χ1n) is 10.3. The van der Waals surface area contributed by atoms with Crippen LogP contribution in [0, 0.1) is 16.2 Å². The summed E-state index contributed by atoms with van der Waals surface area (Å²) in [6.07, 6.45) is -4.97. The van der Waals surface area contributed by atoms with E-state index in [4.69, 9.17) is 23.7 Å². The van der Waals surface area contributed by atoms with Crippen LogP contribution >= 0.6 is 15.9 Å². The molecule has 31 heavy (non-hydrogen) atoms. The number of hydrogen-bond acceptors (Lipinski definition) is 8. The summed E-state index contributed by atoms with van der Waals surface area (Å²) in [6.45, 7) is 15.4. The van der Waals surface area contributed by atoms with Crippen LogP contribution in [0.3, 0.4) is 0 Å². The van der Waals surface area contributed by atoms with Crippen LogP contribution in [-0.2, 0) is 38.1 Å². The summed E-state index contributed by atoms with van der Waals surface area (Å²) in [5.74, 6) is -1.56. The Balaban J connectivity index is 3.44. The summed E-state index contributed by atoms with van der Waals surface area (Å²) in [6, 6.07) is 0. The predicted molar refractivity (Wildman–Crippen MR) is 117 cm³/mol. The predicted octanol–water partition coefficient (Wildman–Crippen LogP) is 3.63. The third-order valence-corrected chi connectivity index (χ3v) is 5.18. The Bertz CT molecular complexity index is 614. The zero-order valence-electron chi connectivity index (χ0n) is 20.2. The topological polar surface area (TPSA) is 97.4 Å². The maximum Gasteiger partial charge on any atom is 0.311 e. The lowest BCUT2D eigenvalue weighted by atomic mass is 9.93. The Morgan fingerprint density at radius 2 is 1.06 bits per heavy atom. The van der Waals surface area contributed by atoms with Crippen molar-refractivity contribution in [2.24, 2.45) is 16.2 Å². The molecule has 0 aromatic carbocycles. The van der Waals surface area contributed by atoms with Gasteiger partial charge in [0.05, 0.1) is 16.2 Å². The SMILES string of the molecule is COC1OC(CBr)C(OC(=O)C(C)(C)C)C(OC(=O)C(C)(C)C)C1OC(=O)C(C)(C)C. The molecule has 5 atom stereocenters. The van der Waals surface area contributed by atoms with E-state index < -0.39 is 64.9 Å². The van der Waals surface area contributed by atoms with Crippen LogP contribution in [0.25, 0.3) is 0 Å². The molecule has 1 aliphatic heterocycles. The van der Waals surface area contributed by atoms with Gasteiger partial charge in [-0.2, -0.15) is 0 Å². The van der Waals surface area contributed by atoms with E-state index in [1.807, 2.05) is 0 Å². The average molecular weight is 509 g/mol. The number of halogens is 1. The van der Waals surface area contributed by atoms with Gasteiger partial charge in [0.25, 0.3) is 0 Å². The molecule has 0 spiro atoms. The van der Waals surface area contributed by atoms with E-state index in [0.29, 0.717) is 0 Å². The molecule has 9 heteroatoms. The first kappa shape index (κ1) is 27.8. The monoisotopic (exact) mass is 508 g/mol. The van der Waals surface area contributed by atoms with E-state index >= 15 is 0 Å². The van der Waals surface area contributed by atoms with Gasteiger partial charge in [-0.15, -0.1) is 0 Å². The van der Waals surface area contributed by atoms with Crippen molar-refractivity contribution >= 4 is 33.8 Å². The Hall–Kier alpha value is -1.19. The normalized spacial score (nSPS) is 27.4. The van der Waals surface area contributed by atoms with Crippen molar-refractivity contribution in [2.45, 2.75) is 93.0 Å². The summed E-state index contributed by atoms with van der Waals surface area (Å²) < 4.78 is 28.6. The first-order valence-corrected chi connectivity index (χ1v) is 11.4. The summed E-state index contributed by atoms with van der Waals surface area (Å²) in [4.78, 5) is 38.1. The number of esters is 3. The van der Waals surface area contributed by atoms with Gasteiger partial charge >= 0.3 is 17.9 Å². The van der Waals surface area contributed by atoms with Crippen LogP contribution in [0.5, 0.6) is 0 Å². The van der Waals surface area contributed by atoms with Crippen molar-refractivity contribution < 1.29 is 38.1 Å². The molecule has 0 radical (unpaired) electrons. The number of hydrogen-bond donors (Lipinski definition) is 0. The van der Waals surface area contributed by atoms with Crippen LogP contribution < -0.4 is 0 Å². The zero-order chi connectivity index (χ0) is 24.4. The van der Waals surface area contributed by atoms with E-state index in [1.54, 1.807) is 62.3 Å². The summed E-state index contributed by atoms with van der Waals surface area (Å²) >= 11 is 3.36. The molecule has 0 saturated carbocycles. The van der Waals surface area contributed by atoms with E-state index in [9.17, 15) is 14.4 Å². The van der Waals surface area contributed by atoms with Gasteiger partial charge in [0.15, 0.2) is 24.6 Å². The molecule has 1 aliphatic rings. The lowest BCUT2D eigenvalue weighted by Crippen LogP contribution is -2.63. The molecule has 0 amide bonds. The smallest absolute Gasteiger partial charge is 0.311 e. The lowest BCUT2D eigenvalue weighted by Gasteiger charge is -2.45. The van der Waals surface area contributed by atoms with Crippen molar-refractivity contribution in [3.8, 4) is 0 Å². The van der Waals surface area contributed by atoms with Crippen molar-refractivity contribution in [2.75, 3.05) is 12.4 Å². The van der Waals surface area contributed by atoms with Crippen molar-refractivity contribution in [1.82, 2.24) is 0 Å². The minimum Gasteiger partial charge on any atom is -0.455 e. The van der Waals surface area contributed by atoms with E-state index in [1.165, 1.54) is 7.11 Å². The Morgan fingerprint density at radius 1 is 0.710 bits per heavy atom. The van der Waals surface area contributed by atoms with Crippen LogP contribution in [0.15, 0.2) is 0 Å². The van der Waals surface area contributed by atoms with Gasteiger partial charge in [-0.1, -0.05) is 15.9 Å². The number of methoxy groups -OCH3 is 1. The number of ether oxygens (including phenoxy) is 5. The Labute approximate surface area is 193 Å². The van der Waals surface area contributed by atoms with Gasteiger partial charge in [-0.25, -0.2) is 0 Å². The summed E-state index contributed by atoms with van der Waals surface area (Å²) in [5, 5.41) is 0.276. The molecule has 0 bridgehead atoms. The van der Waals surface area contributed by atoms with Gasteiger partial charge in [-0.3, -0.25) is 14.4 Å². The van der Waals surface area contributed by atoms with Gasteiger partial charge in [-0.05, 0) is 62.3 Å². The van der Waals surface area contributed by atoms with E-state index in [-0.39, 0.29) is 5.33 Å². The summed E-state index contributed by atoms with van der Waals surface area (Å²) in [7, 11) is 1.40. The molecule has 8 nitrogen and oxygen atoms in total. The molecule has 180 valence electrons. The fourth-order valence-electron chi connectivity index (χ4n) is 2.50. The van der Waals surface area contributed by atoms with Gasteiger partial charge in [0, 0.05) is 12.4 Å². The van der Waals surface area contributed by atoms with Gasteiger partial charge in [0.2, 0.25) is 0 Å². The van der Waals surface area contributed by atoms with Gasteiger partial charge < -0.3 is 23.7 Å². The molecule has 0 aromatic rings. The number of carbonyl (C=O) groups excluding carboxylic acids is 3. The second-order valence-corrected chi connectivity index (χ2v) is 11.4. The molecular weight excluding hydrogens is 472 g/mol. The first-order chi connectivity index (χ1) is 13.9. The quantitative estimate of drug-likeness (QED) is 0.315. The van der Waals surface area contributed by atoms with Crippen LogP contribution in [0.4, 0.5) is 0 Å². The Kier molecular flexibility index (Phi) is 9.13. The molecule has 0 aromatic heterocycles. The molecule has 0 N–H and O–H groups in total. The third-order valence-electron chi connectivity index (χ3n) is 4.54. The van der Waals surface area contributed by atoms with Crippen LogP contribution in [-0.4, -0.2) is 61.1 Å². The largest absolute Gasteiger partial charge is 0.455 e. The van der Waals surface area contributed by atoms with Gasteiger partial charge in [0.1, 0.15) is 6.10 Å². The highest BCUT2D eigenvalue weighted by Crippen LogP contribution is 2.34. The molecule has 1 saturated heterocycles. The fourth-order valence-corrected chi connectivity index (χ4v) is 3.02. The highest BCUT2D eigenvalue weighted by molar-refractivity contribution is 9.09. The van der Waals surface area contributed by atoms with Crippen LogP contribution in [0.1, 0.15) is 62.3 Å². The molecule has 0 aliphatic carbocycles. The fraction of sp³-hybridized carbons (Fsp3) is 0.864. The number of alkyl halides is 1. The standard InChI is InChI=1S/C22H37BrO8/c1-20(2,3)17(24)29-13-12(11-23)28-16(27-10)15(31-19(26)22(7,8)9)14(13)30-18(25)21(4,5)6/h12-16H,11H2,1-10H3.